The van der Waals surface area contributed by atoms with Crippen LogP contribution in [-0.2, 0) is 4.74 Å². The number of hydrogen-bond acceptors (Lipinski definition) is 4. The molecule has 1 fully saturated rings. The van der Waals surface area contributed by atoms with Gasteiger partial charge in [-0.2, -0.15) is 0 Å². The number of furan rings is 1. The summed E-state index contributed by atoms with van der Waals surface area (Å²) >= 11 is 0. The molecule has 0 bridgehead atoms. The van der Waals surface area contributed by atoms with Gasteiger partial charge in [0.05, 0.1) is 6.61 Å². The standard InChI is InChI=1S/C15H16FNO3/c1-2-17-6-7-19-13(9-17)14(18)12-8-10-4-3-5-11(16)15(10)20-12/h3-5,8,13H,2,6-7,9H2,1H3. The van der Waals surface area contributed by atoms with Crippen LogP contribution in [-0.4, -0.2) is 43.0 Å². The van der Waals surface area contributed by atoms with Crippen LogP contribution in [0.5, 0.6) is 0 Å². The first-order valence-corrected chi connectivity index (χ1v) is 6.75. The van der Waals surface area contributed by atoms with Gasteiger partial charge in [0.2, 0.25) is 5.78 Å². The van der Waals surface area contributed by atoms with E-state index in [-0.39, 0.29) is 17.1 Å². The Hall–Kier alpha value is -1.72. The quantitative estimate of drug-likeness (QED) is 0.808. The van der Waals surface area contributed by atoms with Crippen molar-refractivity contribution in [1.29, 1.82) is 0 Å². The lowest BCUT2D eigenvalue weighted by molar-refractivity contribution is -0.0160. The van der Waals surface area contributed by atoms with E-state index in [9.17, 15) is 9.18 Å². The number of benzene rings is 1. The molecule has 0 spiro atoms. The van der Waals surface area contributed by atoms with Crippen LogP contribution in [0.3, 0.4) is 0 Å². The molecule has 5 heteroatoms. The fourth-order valence-corrected chi connectivity index (χ4v) is 2.46. The van der Waals surface area contributed by atoms with Crippen LogP contribution in [0.2, 0.25) is 0 Å². The van der Waals surface area contributed by atoms with Crippen LogP contribution in [0, 0.1) is 5.82 Å². The van der Waals surface area contributed by atoms with Gasteiger partial charge in [0.1, 0.15) is 6.10 Å². The maximum absolute atomic E-state index is 13.6. The largest absolute Gasteiger partial charge is 0.450 e. The second-order valence-electron chi connectivity index (χ2n) is 4.89. The predicted octanol–water partition coefficient (Wildman–Crippen LogP) is 2.48. The molecule has 1 aromatic heterocycles. The van der Waals surface area contributed by atoms with Crippen molar-refractivity contribution in [2.75, 3.05) is 26.2 Å². The van der Waals surface area contributed by atoms with Crippen LogP contribution in [0.1, 0.15) is 17.5 Å². The molecule has 1 aliphatic rings. The van der Waals surface area contributed by atoms with Crippen molar-refractivity contribution in [2.24, 2.45) is 0 Å². The molecule has 0 N–H and O–H groups in total. The maximum Gasteiger partial charge on any atom is 0.227 e. The Morgan fingerprint density at radius 3 is 3.10 bits per heavy atom. The molecular weight excluding hydrogens is 261 g/mol. The molecule has 4 nitrogen and oxygen atoms in total. The molecular formula is C15H16FNO3. The van der Waals surface area contributed by atoms with E-state index in [1.54, 1.807) is 18.2 Å². The number of halogens is 1. The number of Topliss-reactive ketones (excluding diaryl/α,β-unsaturated/α-hetero) is 1. The molecule has 1 atom stereocenters. The van der Waals surface area contributed by atoms with Crippen molar-refractivity contribution >= 4 is 16.8 Å². The number of ether oxygens (including phenoxy) is 1. The summed E-state index contributed by atoms with van der Waals surface area (Å²) in [6, 6.07) is 6.21. The van der Waals surface area contributed by atoms with Gasteiger partial charge in [-0.3, -0.25) is 9.69 Å². The zero-order valence-electron chi connectivity index (χ0n) is 11.3. The van der Waals surface area contributed by atoms with Crippen molar-refractivity contribution in [3.63, 3.8) is 0 Å². The summed E-state index contributed by atoms with van der Waals surface area (Å²) in [5, 5.41) is 0.594. The lowest BCUT2D eigenvalue weighted by Gasteiger charge is -2.30. The van der Waals surface area contributed by atoms with Gasteiger partial charge >= 0.3 is 0 Å². The molecule has 1 aromatic carbocycles. The second-order valence-corrected chi connectivity index (χ2v) is 4.89. The molecule has 3 rings (SSSR count). The van der Waals surface area contributed by atoms with Gasteiger partial charge < -0.3 is 9.15 Å². The average Bonchev–Trinajstić information content (AvgIpc) is 2.92. The zero-order chi connectivity index (χ0) is 14.1. The number of rotatable bonds is 3. The number of fused-ring (bicyclic) bond motifs is 1. The number of carbonyl (C=O) groups is 1. The summed E-state index contributed by atoms with van der Waals surface area (Å²) < 4.78 is 24.4. The first-order valence-electron chi connectivity index (χ1n) is 6.75. The normalized spacial score (nSPS) is 20.4. The lowest BCUT2D eigenvalue weighted by atomic mass is 10.1. The van der Waals surface area contributed by atoms with Gasteiger partial charge in [-0.15, -0.1) is 0 Å². The van der Waals surface area contributed by atoms with Crippen molar-refractivity contribution in [2.45, 2.75) is 13.0 Å². The van der Waals surface area contributed by atoms with E-state index in [4.69, 9.17) is 9.15 Å². The summed E-state index contributed by atoms with van der Waals surface area (Å²) in [5.41, 5.74) is 0.124. The van der Waals surface area contributed by atoms with Crippen LogP contribution in [0.4, 0.5) is 4.39 Å². The van der Waals surface area contributed by atoms with E-state index in [1.165, 1.54) is 6.07 Å². The van der Waals surface area contributed by atoms with Gasteiger partial charge in [-0.05, 0) is 18.7 Å². The molecule has 1 unspecified atom stereocenters. The zero-order valence-corrected chi connectivity index (χ0v) is 11.3. The first kappa shape index (κ1) is 13.3. The molecule has 106 valence electrons. The third-order valence-corrected chi connectivity index (χ3v) is 3.63. The minimum Gasteiger partial charge on any atom is -0.450 e. The summed E-state index contributed by atoms with van der Waals surface area (Å²) in [6.07, 6.45) is -0.535. The topological polar surface area (TPSA) is 42.7 Å². The molecule has 2 aromatic rings. The summed E-state index contributed by atoms with van der Waals surface area (Å²) in [6.45, 7) is 4.83. The summed E-state index contributed by atoms with van der Waals surface area (Å²) in [7, 11) is 0. The van der Waals surface area contributed by atoms with Crippen LogP contribution < -0.4 is 0 Å². The van der Waals surface area contributed by atoms with E-state index >= 15 is 0 Å². The minimum atomic E-state index is -0.535. The van der Waals surface area contributed by atoms with Gasteiger partial charge in [0.25, 0.3) is 0 Å². The fourth-order valence-electron chi connectivity index (χ4n) is 2.46. The smallest absolute Gasteiger partial charge is 0.227 e. The molecule has 2 heterocycles. The van der Waals surface area contributed by atoms with Crippen molar-refractivity contribution in [3.05, 3.63) is 35.8 Å². The van der Waals surface area contributed by atoms with Gasteiger partial charge in [-0.1, -0.05) is 19.1 Å². The third-order valence-electron chi connectivity index (χ3n) is 3.63. The van der Waals surface area contributed by atoms with Gasteiger partial charge in [0.15, 0.2) is 17.2 Å². The number of carbonyl (C=O) groups excluding carboxylic acids is 1. The first-order chi connectivity index (χ1) is 9.69. The number of ketones is 1. The molecule has 1 aliphatic heterocycles. The van der Waals surface area contributed by atoms with Gasteiger partial charge in [-0.25, -0.2) is 4.39 Å². The monoisotopic (exact) mass is 277 g/mol. The Morgan fingerprint density at radius 2 is 2.35 bits per heavy atom. The molecule has 1 saturated heterocycles. The molecule has 0 radical (unpaired) electrons. The lowest BCUT2D eigenvalue weighted by Crippen LogP contribution is -2.45. The number of likely N-dealkylation sites (N-methyl/N-ethyl adjacent to an activating group) is 1. The molecule has 20 heavy (non-hydrogen) atoms. The number of para-hydroxylation sites is 1. The Kier molecular flexibility index (Phi) is 3.54. The van der Waals surface area contributed by atoms with E-state index in [2.05, 4.69) is 4.90 Å². The SMILES string of the molecule is CCN1CCOC(C(=O)c2cc3cccc(F)c3o2)C1. The number of nitrogens with zero attached hydrogens (tertiary/aromatic N) is 1. The van der Waals surface area contributed by atoms with Crippen LogP contribution in [0.15, 0.2) is 28.7 Å². The highest BCUT2D eigenvalue weighted by Gasteiger charge is 2.29. The van der Waals surface area contributed by atoms with Crippen LogP contribution >= 0.6 is 0 Å². The molecule has 0 aliphatic carbocycles. The van der Waals surface area contributed by atoms with Crippen LogP contribution in [0.25, 0.3) is 11.0 Å². The Bertz CT molecular complexity index is 637. The van der Waals surface area contributed by atoms with Crippen molar-refractivity contribution in [1.82, 2.24) is 4.90 Å². The highest BCUT2D eigenvalue weighted by molar-refractivity contribution is 6.00. The number of hydrogen-bond donors (Lipinski definition) is 0. The van der Waals surface area contributed by atoms with E-state index in [0.29, 0.717) is 18.5 Å². The van der Waals surface area contributed by atoms with E-state index < -0.39 is 11.9 Å². The summed E-state index contributed by atoms with van der Waals surface area (Å²) in [5.74, 6) is -0.520. The summed E-state index contributed by atoms with van der Waals surface area (Å²) in [4.78, 5) is 14.5. The molecule has 0 amide bonds. The Labute approximate surface area is 116 Å². The highest BCUT2D eigenvalue weighted by Crippen LogP contribution is 2.24. The maximum atomic E-state index is 13.6. The predicted molar refractivity (Wildman–Crippen MR) is 72.4 cm³/mol. The van der Waals surface area contributed by atoms with E-state index in [1.807, 2.05) is 6.92 Å². The minimum absolute atomic E-state index is 0.124. The Balaban J connectivity index is 1.86. The highest BCUT2D eigenvalue weighted by atomic mass is 19.1. The number of morpholine rings is 1. The third kappa shape index (κ3) is 2.34. The molecule has 0 saturated carbocycles. The fraction of sp³-hybridized carbons (Fsp3) is 0.400. The van der Waals surface area contributed by atoms with E-state index in [0.717, 1.165) is 13.1 Å². The second kappa shape index (κ2) is 5.34. The van der Waals surface area contributed by atoms with Crippen molar-refractivity contribution in [3.8, 4) is 0 Å². The Morgan fingerprint density at radius 1 is 1.50 bits per heavy atom. The van der Waals surface area contributed by atoms with Crippen molar-refractivity contribution < 1.29 is 18.3 Å². The van der Waals surface area contributed by atoms with Gasteiger partial charge in [0, 0.05) is 18.5 Å². The average molecular weight is 277 g/mol.